The molecule has 0 saturated carbocycles. The van der Waals surface area contributed by atoms with E-state index in [9.17, 15) is 4.79 Å². The van der Waals surface area contributed by atoms with Crippen LogP contribution in [-0.4, -0.2) is 0 Å². The highest BCUT2D eigenvalue weighted by Gasteiger charge is 2.11. The summed E-state index contributed by atoms with van der Waals surface area (Å²) in [6, 6.07) is 11.0. The molecule has 4 heteroatoms. The highest BCUT2D eigenvalue weighted by molar-refractivity contribution is 5.27. The van der Waals surface area contributed by atoms with Crippen molar-refractivity contribution in [3.05, 3.63) is 63.7 Å². The van der Waals surface area contributed by atoms with E-state index in [1.807, 2.05) is 30.3 Å². The first-order valence-corrected chi connectivity index (χ1v) is 5.71. The predicted molar refractivity (Wildman–Crippen MR) is 68.4 cm³/mol. The molecular formula is C14H15NO3. The summed E-state index contributed by atoms with van der Waals surface area (Å²) in [5, 5.41) is 0. The molecule has 0 aliphatic heterocycles. The Kier molecular flexibility index (Phi) is 3.79. The molecule has 4 nitrogen and oxygen atoms in total. The summed E-state index contributed by atoms with van der Waals surface area (Å²) in [4.78, 5) is 11.8. The Morgan fingerprint density at radius 1 is 1.28 bits per heavy atom. The Morgan fingerprint density at radius 3 is 2.67 bits per heavy atom. The Morgan fingerprint density at radius 2 is 2.00 bits per heavy atom. The predicted octanol–water partition coefficient (Wildman–Crippen LogP) is 1.99. The minimum absolute atomic E-state index is 0.140. The number of hydrogen-bond donors (Lipinski definition) is 1. The van der Waals surface area contributed by atoms with Gasteiger partial charge in [0.15, 0.2) is 5.76 Å². The molecule has 0 spiro atoms. The molecule has 1 aromatic carbocycles. The molecular weight excluding hydrogens is 230 g/mol. The van der Waals surface area contributed by atoms with Crippen LogP contribution >= 0.6 is 0 Å². The van der Waals surface area contributed by atoms with Crippen LogP contribution in [0.2, 0.25) is 0 Å². The highest BCUT2D eigenvalue weighted by Crippen LogP contribution is 2.15. The van der Waals surface area contributed by atoms with E-state index >= 15 is 0 Å². The maximum absolute atomic E-state index is 11.8. The standard InChI is InChI=1S/C14H15NO3/c1-10-7-12(16)14(13(8-15)18-10)17-9-11-5-3-2-4-6-11/h2-7H,8-9,15H2,1H3. The Balaban J connectivity index is 2.22. The van der Waals surface area contributed by atoms with Crippen LogP contribution in [0.3, 0.4) is 0 Å². The molecule has 0 saturated heterocycles. The van der Waals surface area contributed by atoms with Gasteiger partial charge in [-0.25, -0.2) is 0 Å². The summed E-state index contributed by atoms with van der Waals surface area (Å²) in [6.07, 6.45) is 0. The molecule has 1 heterocycles. The van der Waals surface area contributed by atoms with Crippen LogP contribution in [-0.2, 0) is 13.2 Å². The largest absolute Gasteiger partial charge is 0.482 e. The summed E-state index contributed by atoms with van der Waals surface area (Å²) in [5.74, 6) is 1.12. The van der Waals surface area contributed by atoms with Crippen molar-refractivity contribution < 1.29 is 9.15 Å². The average Bonchev–Trinajstić information content (AvgIpc) is 2.38. The van der Waals surface area contributed by atoms with Crippen LogP contribution in [0.15, 0.2) is 45.6 Å². The van der Waals surface area contributed by atoms with E-state index in [-0.39, 0.29) is 17.7 Å². The van der Waals surface area contributed by atoms with Crippen molar-refractivity contribution in [1.29, 1.82) is 0 Å². The van der Waals surface area contributed by atoms with Crippen LogP contribution < -0.4 is 15.9 Å². The van der Waals surface area contributed by atoms with Gasteiger partial charge in [-0.1, -0.05) is 30.3 Å². The molecule has 0 unspecified atom stereocenters. The number of nitrogens with two attached hydrogens (primary N) is 1. The summed E-state index contributed by atoms with van der Waals surface area (Å²) in [7, 11) is 0. The van der Waals surface area contributed by atoms with Gasteiger partial charge in [0.2, 0.25) is 11.2 Å². The van der Waals surface area contributed by atoms with E-state index in [2.05, 4.69) is 0 Å². The smallest absolute Gasteiger partial charge is 0.227 e. The van der Waals surface area contributed by atoms with Gasteiger partial charge in [-0.05, 0) is 12.5 Å². The number of hydrogen-bond acceptors (Lipinski definition) is 4. The molecule has 0 atom stereocenters. The summed E-state index contributed by atoms with van der Waals surface area (Å²) in [5.41, 5.74) is 6.33. The van der Waals surface area contributed by atoms with Gasteiger partial charge in [0, 0.05) is 6.07 Å². The lowest BCUT2D eigenvalue weighted by atomic mass is 10.2. The molecule has 94 valence electrons. The topological polar surface area (TPSA) is 65.5 Å². The molecule has 2 rings (SSSR count). The highest BCUT2D eigenvalue weighted by atomic mass is 16.5. The van der Waals surface area contributed by atoms with E-state index in [1.165, 1.54) is 6.07 Å². The molecule has 0 amide bonds. The summed E-state index contributed by atoms with van der Waals surface area (Å²) in [6.45, 7) is 2.17. The molecule has 0 aliphatic carbocycles. The molecule has 2 aromatic rings. The second-order valence-corrected chi connectivity index (χ2v) is 3.95. The van der Waals surface area contributed by atoms with Crippen molar-refractivity contribution in [3.8, 4) is 5.75 Å². The second kappa shape index (κ2) is 5.51. The number of rotatable bonds is 4. The van der Waals surface area contributed by atoms with Crippen LogP contribution in [0, 0.1) is 6.92 Å². The van der Waals surface area contributed by atoms with Crippen LogP contribution in [0.1, 0.15) is 17.1 Å². The fourth-order valence-electron chi connectivity index (χ4n) is 1.67. The van der Waals surface area contributed by atoms with Gasteiger partial charge in [0.05, 0.1) is 6.54 Å². The lowest BCUT2D eigenvalue weighted by Crippen LogP contribution is -2.13. The zero-order valence-corrected chi connectivity index (χ0v) is 10.2. The van der Waals surface area contributed by atoms with Gasteiger partial charge in [-0.15, -0.1) is 0 Å². The van der Waals surface area contributed by atoms with Crippen LogP contribution in [0.25, 0.3) is 0 Å². The third-order valence-electron chi connectivity index (χ3n) is 2.51. The first-order valence-electron chi connectivity index (χ1n) is 5.71. The van der Waals surface area contributed by atoms with E-state index < -0.39 is 0 Å². The molecule has 0 radical (unpaired) electrons. The van der Waals surface area contributed by atoms with E-state index in [4.69, 9.17) is 14.9 Å². The lowest BCUT2D eigenvalue weighted by Gasteiger charge is -2.09. The minimum Gasteiger partial charge on any atom is -0.482 e. The molecule has 2 N–H and O–H groups in total. The maximum Gasteiger partial charge on any atom is 0.227 e. The van der Waals surface area contributed by atoms with Gasteiger partial charge in [0.1, 0.15) is 12.4 Å². The first kappa shape index (κ1) is 12.4. The zero-order valence-electron chi connectivity index (χ0n) is 10.2. The Bertz CT molecular complexity index is 575. The van der Waals surface area contributed by atoms with Gasteiger partial charge in [-0.2, -0.15) is 0 Å². The van der Waals surface area contributed by atoms with Crippen molar-refractivity contribution >= 4 is 0 Å². The van der Waals surface area contributed by atoms with E-state index in [0.717, 1.165) is 5.56 Å². The molecule has 0 bridgehead atoms. The molecule has 0 fully saturated rings. The monoisotopic (exact) mass is 245 g/mol. The molecule has 0 aliphatic rings. The van der Waals surface area contributed by atoms with Gasteiger partial charge in [0.25, 0.3) is 0 Å². The third kappa shape index (κ3) is 2.78. The normalized spacial score (nSPS) is 10.3. The van der Waals surface area contributed by atoms with Gasteiger partial charge in [-0.3, -0.25) is 4.79 Å². The summed E-state index contributed by atoms with van der Waals surface area (Å²) >= 11 is 0. The fourth-order valence-corrected chi connectivity index (χ4v) is 1.67. The number of benzene rings is 1. The SMILES string of the molecule is Cc1cc(=O)c(OCc2ccccc2)c(CN)o1. The van der Waals surface area contributed by atoms with Crippen molar-refractivity contribution in [2.45, 2.75) is 20.1 Å². The second-order valence-electron chi connectivity index (χ2n) is 3.95. The Labute approximate surface area is 105 Å². The average molecular weight is 245 g/mol. The maximum atomic E-state index is 11.8. The van der Waals surface area contributed by atoms with Crippen molar-refractivity contribution in [1.82, 2.24) is 0 Å². The van der Waals surface area contributed by atoms with Crippen molar-refractivity contribution in [2.24, 2.45) is 5.73 Å². The van der Waals surface area contributed by atoms with Gasteiger partial charge >= 0.3 is 0 Å². The minimum atomic E-state index is -0.199. The number of ether oxygens (including phenoxy) is 1. The lowest BCUT2D eigenvalue weighted by molar-refractivity contribution is 0.281. The fraction of sp³-hybridized carbons (Fsp3) is 0.214. The Hall–Kier alpha value is -2.07. The van der Waals surface area contributed by atoms with Crippen molar-refractivity contribution in [2.75, 3.05) is 0 Å². The quantitative estimate of drug-likeness (QED) is 0.894. The van der Waals surface area contributed by atoms with Crippen LogP contribution in [0.4, 0.5) is 0 Å². The number of aryl methyl sites for hydroxylation is 1. The molecule has 1 aromatic heterocycles. The third-order valence-corrected chi connectivity index (χ3v) is 2.51. The van der Waals surface area contributed by atoms with Crippen LogP contribution in [0.5, 0.6) is 5.75 Å². The van der Waals surface area contributed by atoms with Crippen molar-refractivity contribution in [3.63, 3.8) is 0 Å². The van der Waals surface area contributed by atoms with E-state index in [1.54, 1.807) is 6.92 Å². The van der Waals surface area contributed by atoms with E-state index in [0.29, 0.717) is 18.1 Å². The zero-order chi connectivity index (χ0) is 13.0. The van der Waals surface area contributed by atoms with Gasteiger partial charge < -0.3 is 14.9 Å². The first-order chi connectivity index (χ1) is 8.70. The molecule has 18 heavy (non-hydrogen) atoms. The summed E-state index contributed by atoms with van der Waals surface area (Å²) < 4.78 is 10.9.